The molecule has 0 spiro atoms. The molecular weight excluding hydrogens is 200 g/mol. The fourth-order valence-corrected chi connectivity index (χ4v) is 1.66. The van der Waals surface area contributed by atoms with Gasteiger partial charge in [-0.15, -0.1) is 0 Å². The molecule has 0 N–H and O–H groups in total. The molecule has 80 valence electrons. The molecule has 0 fully saturated rings. The highest BCUT2D eigenvalue weighted by atomic mass is 15.2. The lowest BCUT2D eigenvalue weighted by molar-refractivity contribution is 0.856. The number of rotatable bonds is 2. The van der Waals surface area contributed by atoms with Crippen LogP contribution in [0, 0.1) is 25.2 Å². The first-order valence-electron chi connectivity index (χ1n) is 5.06. The number of aryl methyl sites for hydroxylation is 2. The Bertz CT molecular complexity index is 529. The lowest BCUT2D eigenvalue weighted by Gasteiger charge is -2.07. The van der Waals surface area contributed by atoms with Crippen LogP contribution in [0.5, 0.6) is 0 Å². The fraction of sp³-hybridized carbons (Fsp3) is 0.250. The van der Waals surface area contributed by atoms with Crippen molar-refractivity contribution in [1.82, 2.24) is 14.5 Å². The van der Waals surface area contributed by atoms with Gasteiger partial charge in [0.25, 0.3) is 0 Å². The van der Waals surface area contributed by atoms with Gasteiger partial charge in [0, 0.05) is 17.6 Å². The highest BCUT2D eigenvalue weighted by Gasteiger charge is 2.06. The van der Waals surface area contributed by atoms with Crippen molar-refractivity contribution in [3.8, 4) is 12.0 Å². The van der Waals surface area contributed by atoms with E-state index in [1.165, 1.54) is 0 Å². The zero-order valence-corrected chi connectivity index (χ0v) is 9.31. The largest absolute Gasteiger partial charge is 0.287 e. The number of aromatic nitrogens is 3. The molecule has 0 saturated heterocycles. The van der Waals surface area contributed by atoms with Gasteiger partial charge in [0.2, 0.25) is 5.95 Å². The van der Waals surface area contributed by atoms with E-state index < -0.39 is 0 Å². The van der Waals surface area contributed by atoms with E-state index in [-0.39, 0.29) is 0 Å². The van der Waals surface area contributed by atoms with E-state index in [9.17, 15) is 0 Å². The van der Waals surface area contributed by atoms with Crippen LogP contribution >= 0.6 is 0 Å². The SMILES string of the molecule is Cc1ccc(C)n1-c1nccc(CC#N)n1. The zero-order chi connectivity index (χ0) is 11.5. The second-order valence-electron chi connectivity index (χ2n) is 3.63. The van der Waals surface area contributed by atoms with E-state index in [0.29, 0.717) is 12.4 Å². The summed E-state index contributed by atoms with van der Waals surface area (Å²) in [5.41, 5.74) is 2.93. The minimum atomic E-state index is 0.314. The number of nitrogens with zero attached hydrogens (tertiary/aromatic N) is 4. The Kier molecular flexibility index (Phi) is 2.69. The lowest BCUT2D eigenvalue weighted by Crippen LogP contribution is -2.05. The summed E-state index contributed by atoms with van der Waals surface area (Å²) in [6, 6.07) is 7.90. The molecule has 0 aromatic carbocycles. The van der Waals surface area contributed by atoms with Gasteiger partial charge in [-0.3, -0.25) is 4.57 Å². The molecule has 2 aromatic rings. The van der Waals surface area contributed by atoms with Crippen molar-refractivity contribution >= 4 is 0 Å². The van der Waals surface area contributed by atoms with Crippen LogP contribution in [-0.4, -0.2) is 14.5 Å². The maximum atomic E-state index is 8.63. The monoisotopic (exact) mass is 212 g/mol. The van der Waals surface area contributed by atoms with Crippen molar-refractivity contribution in [1.29, 1.82) is 5.26 Å². The third-order valence-electron chi connectivity index (χ3n) is 2.43. The number of hydrogen-bond donors (Lipinski definition) is 0. The van der Waals surface area contributed by atoms with Gasteiger partial charge in [0.05, 0.1) is 18.2 Å². The van der Waals surface area contributed by atoms with Gasteiger partial charge in [0.15, 0.2) is 0 Å². The summed E-state index contributed by atoms with van der Waals surface area (Å²) in [4.78, 5) is 8.58. The third-order valence-corrected chi connectivity index (χ3v) is 2.43. The molecule has 0 aliphatic rings. The molecular formula is C12H12N4. The first-order valence-corrected chi connectivity index (χ1v) is 5.06. The van der Waals surface area contributed by atoms with Gasteiger partial charge in [-0.25, -0.2) is 9.97 Å². The predicted octanol–water partition coefficient (Wildman–Crippen LogP) is 1.95. The Labute approximate surface area is 94.2 Å². The van der Waals surface area contributed by atoms with E-state index in [2.05, 4.69) is 16.0 Å². The Morgan fingerprint density at radius 1 is 1.25 bits per heavy atom. The van der Waals surface area contributed by atoms with Gasteiger partial charge >= 0.3 is 0 Å². The molecule has 0 aliphatic heterocycles. The van der Waals surface area contributed by atoms with Crippen molar-refractivity contribution in [3.63, 3.8) is 0 Å². The van der Waals surface area contributed by atoms with Crippen molar-refractivity contribution < 1.29 is 0 Å². The van der Waals surface area contributed by atoms with Crippen molar-refractivity contribution in [2.45, 2.75) is 20.3 Å². The van der Waals surface area contributed by atoms with E-state index in [1.54, 1.807) is 12.3 Å². The van der Waals surface area contributed by atoms with E-state index >= 15 is 0 Å². The third kappa shape index (κ3) is 1.80. The molecule has 16 heavy (non-hydrogen) atoms. The van der Waals surface area contributed by atoms with Gasteiger partial charge in [-0.2, -0.15) is 5.26 Å². The van der Waals surface area contributed by atoms with Gasteiger partial charge < -0.3 is 0 Å². The minimum absolute atomic E-state index is 0.314. The van der Waals surface area contributed by atoms with Crippen LogP contribution in [0.2, 0.25) is 0 Å². The molecule has 4 nitrogen and oxygen atoms in total. The second-order valence-corrected chi connectivity index (χ2v) is 3.63. The summed E-state index contributed by atoms with van der Waals surface area (Å²) in [6.45, 7) is 4.01. The average Bonchev–Trinajstić information content (AvgIpc) is 2.59. The van der Waals surface area contributed by atoms with Gasteiger partial charge in [0.1, 0.15) is 0 Å². The van der Waals surface area contributed by atoms with Crippen molar-refractivity contribution in [3.05, 3.63) is 41.5 Å². The van der Waals surface area contributed by atoms with Crippen LogP contribution in [0.25, 0.3) is 5.95 Å². The predicted molar refractivity (Wildman–Crippen MR) is 60.2 cm³/mol. The van der Waals surface area contributed by atoms with Crippen LogP contribution in [0.15, 0.2) is 24.4 Å². The molecule has 0 bridgehead atoms. The Hall–Kier alpha value is -2.15. The number of nitriles is 1. The van der Waals surface area contributed by atoms with Gasteiger partial charge in [-0.1, -0.05) is 0 Å². The van der Waals surface area contributed by atoms with Crippen LogP contribution in [0.4, 0.5) is 0 Å². The molecule has 0 atom stereocenters. The second kappa shape index (κ2) is 4.15. The summed E-state index contributed by atoms with van der Waals surface area (Å²) in [6.07, 6.45) is 2.00. The van der Waals surface area contributed by atoms with E-state index in [0.717, 1.165) is 17.1 Å². The summed E-state index contributed by atoms with van der Waals surface area (Å²) >= 11 is 0. The quantitative estimate of drug-likeness (QED) is 0.764. The van der Waals surface area contributed by atoms with Gasteiger partial charge in [-0.05, 0) is 32.0 Å². The summed E-state index contributed by atoms with van der Waals surface area (Å²) in [5, 5.41) is 8.63. The van der Waals surface area contributed by atoms with Crippen LogP contribution in [-0.2, 0) is 6.42 Å². The molecule has 0 radical (unpaired) electrons. The molecule has 2 aromatic heterocycles. The normalized spacial score (nSPS) is 10.1. The first-order chi connectivity index (χ1) is 7.72. The lowest BCUT2D eigenvalue weighted by atomic mass is 10.3. The summed E-state index contributed by atoms with van der Waals surface area (Å²) < 4.78 is 1.97. The van der Waals surface area contributed by atoms with Crippen molar-refractivity contribution in [2.24, 2.45) is 0 Å². The molecule has 2 rings (SSSR count). The Morgan fingerprint density at radius 3 is 2.56 bits per heavy atom. The maximum absolute atomic E-state index is 8.63. The van der Waals surface area contributed by atoms with Crippen LogP contribution in [0.1, 0.15) is 17.1 Å². The Balaban J connectivity index is 2.49. The molecule has 4 heteroatoms. The molecule has 2 heterocycles. The highest BCUT2D eigenvalue weighted by molar-refractivity contribution is 5.26. The summed E-state index contributed by atoms with van der Waals surface area (Å²) in [7, 11) is 0. The number of hydrogen-bond acceptors (Lipinski definition) is 3. The molecule has 0 saturated carbocycles. The van der Waals surface area contributed by atoms with Crippen molar-refractivity contribution in [2.75, 3.05) is 0 Å². The molecule has 0 amide bonds. The average molecular weight is 212 g/mol. The highest BCUT2D eigenvalue weighted by Crippen LogP contribution is 2.12. The van der Waals surface area contributed by atoms with Crippen LogP contribution in [0.3, 0.4) is 0 Å². The summed E-state index contributed by atoms with van der Waals surface area (Å²) in [5.74, 6) is 0.632. The fourth-order valence-electron chi connectivity index (χ4n) is 1.66. The first kappa shape index (κ1) is 10.4. The zero-order valence-electron chi connectivity index (χ0n) is 9.31. The van der Waals surface area contributed by atoms with E-state index in [1.807, 2.05) is 30.5 Å². The maximum Gasteiger partial charge on any atom is 0.234 e. The molecule has 0 aliphatic carbocycles. The van der Waals surface area contributed by atoms with Crippen LogP contribution < -0.4 is 0 Å². The molecule has 0 unspecified atom stereocenters. The van der Waals surface area contributed by atoms with E-state index in [4.69, 9.17) is 5.26 Å². The topological polar surface area (TPSA) is 54.5 Å². The standard InChI is InChI=1S/C12H12N4/c1-9-3-4-10(2)16(9)12-14-8-6-11(15-12)5-7-13/h3-4,6,8H,5H2,1-2H3. The smallest absolute Gasteiger partial charge is 0.234 e. The Morgan fingerprint density at radius 2 is 1.94 bits per heavy atom. The minimum Gasteiger partial charge on any atom is -0.287 e.